The Morgan fingerprint density at radius 1 is 1.25 bits per heavy atom. The summed E-state index contributed by atoms with van der Waals surface area (Å²) in [5.41, 5.74) is -0.227. The molecule has 3 rings (SSSR count). The highest BCUT2D eigenvalue weighted by molar-refractivity contribution is 7.89. The molecule has 2 aliphatic rings. The van der Waals surface area contributed by atoms with Crippen molar-refractivity contribution in [2.45, 2.75) is 30.6 Å². The molecule has 1 unspecified atom stereocenters. The Morgan fingerprint density at radius 2 is 1.88 bits per heavy atom. The van der Waals surface area contributed by atoms with Crippen molar-refractivity contribution in [1.29, 1.82) is 0 Å². The third-order valence-corrected chi connectivity index (χ3v) is 7.72. The van der Waals surface area contributed by atoms with Crippen molar-refractivity contribution in [3.8, 4) is 0 Å². The summed E-state index contributed by atoms with van der Waals surface area (Å²) in [5, 5.41) is 0.223. The molecule has 1 spiro atoms. The highest BCUT2D eigenvalue weighted by Gasteiger charge is 2.54. The van der Waals surface area contributed by atoms with E-state index in [2.05, 4.69) is 0 Å². The van der Waals surface area contributed by atoms with E-state index in [1.54, 1.807) is 37.2 Å². The first-order chi connectivity index (χ1) is 11.3. The van der Waals surface area contributed by atoms with Crippen LogP contribution < -0.4 is 0 Å². The molecule has 1 aromatic rings. The highest BCUT2D eigenvalue weighted by Crippen LogP contribution is 2.50. The lowest BCUT2D eigenvalue weighted by atomic mass is 9.76. The number of sulfonamides is 1. The van der Waals surface area contributed by atoms with E-state index in [4.69, 9.17) is 11.6 Å². The number of carbonyl (C=O) groups is 1. The normalized spacial score (nSPS) is 23.7. The van der Waals surface area contributed by atoms with Crippen LogP contribution in [0.2, 0.25) is 5.02 Å². The topological polar surface area (TPSA) is 57.7 Å². The van der Waals surface area contributed by atoms with Crippen molar-refractivity contribution in [3.05, 3.63) is 29.3 Å². The average molecular weight is 371 g/mol. The monoisotopic (exact) mass is 370 g/mol. The van der Waals surface area contributed by atoms with Crippen LogP contribution >= 0.6 is 11.6 Å². The van der Waals surface area contributed by atoms with Gasteiger partial charge in [0.25, 0.3) is 0 Å². The second kappa shape index (κ2) is 6.32. The summed E-state index contributed by atoms with van der Waals surface area (Å²) >= 11 is 6.11. The second-order valence-corrected chi connectivity index (χ2v) is 9.40. The largest absolute Gasteiger partial charge is 0.349 e. The summed E-state index contributed by atoms with van der Waals surface area (Å²) in [4.78, 5) is 14.4. The van der Waals surface area contributed by atoms with Crippen molar-refractivity contribution in [2.24, 2.45) is 11.3 Å². The fourth-order valence-electron chi connectivity index (χ4n) is 4.14. The first kappa shape index (κ1) is 17.7. The quantitative estimate of drug-likeness (QED) is 0.821. The van der Waals surface area contributed by atoms with Gasteiger partial charge in [0, 0.05) is 27.2 Å². The zero-order valence-electron chi connectivity index (χ0n) is 14.0. The first-order valence-electron chi connectivity index (χ1n) is 8.24. The molecule has 1 saturated carbocycles. The Bertz CT molecular complexity index is 742. The Labute approximate surface area is 148 Å². The van der Waals surface area contributed by atoms with Crippen molar-refractivity contribution in [1.82, 2.24) is 9.21 Å². The van der Waals surface area contributed by atoms with Gasteiger partial charge in [0.2, 0.25) is 15.9 Å². The Balaban J connectivity index is 1.96. The Hall–Kier alpha value is -1.11. The summed E-state index contributed by atoms with van der Waals surface area (Å²) in [6, 6.07) is 6.49. The molecule has 1 aromatic carbocycles. The zero-order valence-corrected chi connectivity index (χ0v) is 15.6. The van der Waals surface area contributed by atoms with Gasteiger partial charge in [0.15, 0.2) is 0 Å². The number of amides is 1. The maximum Gasteiger partial charge on any atom is 0.244 e. The van der Waals surface area contributed by atoms with Gasteiger partial charge >= 0.3 is 0 Å². The van der Waals surface area contributed by atoms with Crippen LogP contribution in [0.4, 0.5) is 0 Å². The molecule has 1 amide bonds. The van der Waals surface area contributed by atoms with Gasteiger partial charge in [0.1, 0.15) is 4.90 Å². The number of nitrogens with zero attached hydrogens (tertiary/aromatic N) is 2. The molecule has 1 saturated heterocycles. The van der Waals surface area contributed by atoms with Gasteiger partial charge in [0.05, 0.1) is 10.9 Å². The molecule has 1 atom stereocenters. The molecule has 7 heteroatoms. The second-order valence-electron chi connectivity index (χ2n) is 7.08. The molecule has 1 heterocycles. The van der Waals surface area contributed by atoms with Crippen LogP contribution in [0.15, 0.2) is 29.2 Å². The first-order valence-corrected chi connectivity index (χ1v) is 10.1. The van der Waals surface area contributed by atoms with Gasteiger partial charge in [-0.1, -0.05) is 36.6 Å². The van der Waals surface area contributed by atoms with Crippen molar-refractivity contribution in [2.75, 3.05) is 27.2 Å². The molecule has 0 aromatic heterocycles. The van der Waals surface area contributed by atoms with E-state index in [9.17, 15) is 13.2 Å². The lowest BCUT2D eigenvalue weighted by molar-refractivity contribution is -0.135. The van der Waals surface area contributed by atoms with E-state index in [1.807, 2.05) is 0 Å². The number of hydrogen-bond donors (Lipinski definition) is 0. The molecule has 1 aliphatic heterocycles. The maximum atomic E-state index is 13.0. The van der Waals surface area contributed by atoms with Gasteiger partial charge in [-0.25, -0.2) is 8.42 Å². The fraction of sp³-hybridized carbons (Fsp3) is 0.588. The van der Waals surface area contributed by atoms with E-state index in [0.717, 1.165) is 25.7 Å². The van der Waals surface area contributed by atoms with Gasteiger partial charge in [-0.05, 0) is 30.4 Å². The lowest BCUT2D eigenvalue weighted by Crippen LogP contribution is -2.39. The smallest absolute Gasteiger partial charge is 0.244 e. The van der Waals surface area contributed by atoms with Crippen LogP contribution in [0.1, 0.15) is 25.7 Å². The van der Waals surface area contributed by atoms with Crippen LogP contribution in [0, 0.1) is 11.3 Å². The minimum absolute atomic E-state index is 0.0220. The summed E-state index contributed by atoms with van der Waals surface area (Å²) in [6.45, 7) is 0.648. The van der Waals surface area contributed by atoms with Crippen molar-refractivity contribution < 1.29 is 13.2 Å². The summed E-state index contributed by atoms with van der Waals surface area (Å²) in [7, 11) is -0.230. The molecule has 132 valence electrons. The van der Waals surface area contributed by atoms with Crippen LogP contribution in [0.5, 0.6) is 0 Å². The van der Waals surface area contributed by atoms with Crippen molar-refractivity contribution in [3.63, 3.8) is 0 Å². The molecule has 1 aliphatic carbocycles. The standard InChI is InChI=1S/C17H23ClN2O3S/c1-19(2)16(21)13-11-20(12-17(13)9-5-6-10-17)24(22,23)15-8-4-3-7-14(15)18/h3-4,7-8,13H,5-6,9-12H2,1-2H3. The fourth-order valence-corrected chi connectivity index (χ4v) is 6.18. The van der Waals surface area contributed by atoms with E-state index < -0.39 is 10.0 Å². The van der Waals surface area contributed by atoms with Crippen molar-refractivity contribution >= 4 is 27.5 Å². The summed E-state index contributed by atoms with van der Waals surface area (Å²) in [5.74, 6) is -0.249. The maximum absolute atomic E-state index is 13.0. The predicted molar refractivity (Wildman–Crippen MR) is 93.3 cm³/mol. The van der Waals surface area contributed by atoms with Crippen LogP contribution in [-0.2, 0) is 14.8 Å². The van der Waals surface area contributed by atoms with Gasteiger partial charge in [-0.3, -0.25) is 4.79 Å². The minimum Gasteiger partial charge on any atom is -0.349 e. The zero-order chi connectivity index (χ0) is 17.5. The molecular formula is C17H23ClN2O3S. The number of rotatable bonds is 3. The van der Waals surface area contributed by atoms with E-state index in [1.165, 1.54) is 10.4 Å². The SMILES string of the molecule is CN(C)C(=O)C1CN(S(=O)(=O)c2ccccc2Cl)CC12CCCC2. The summed E-state index contributed by atoms with van der Waals surface area (Å²) in [6.07, 6.45) is 3.92. The van der Waals surface area contributed by atoms with Gasteiger partial charge < -0.3 is 4.90 Å². The molecule has 2 fully saturated rings. The average Bonchev–Trinajstić information content (AvgIpc) is 3.15. The third-order valence-electron chi connectivity index (χ3n) is 5.41. The van der Waals surface area contributed by atoms with Gasteiger partial charge in [-0.2, -0.15) is 4.31 Å². The third kappa shape index (κ3) is 2.85. The molecule has 0 bridgehead atoms. The Kier molecular flexibility index (Phi) is 4.66. The number of hydrogen-bond acceptors (Lipinski definition) is 3. The molecule has 5 nitrogen and oxygen atoms in total. The predicted octanol–water partition coefficient (Wildman–Crippen LogP) is 2.61. The highest BCUT2D eigenvalue weighted by atomic mass is 35.5. The molecular weight excluding hydrogens is 348 g/mol. The molecule has 24 heavy (non-hydrogen) atoms. The number of carbonyl (C=O) groups excluding carboxylic acids is 1. The van der Waals surface area contributed by atoms with Gasteiger partial charge in [-0.15, -0.1) is 0 Å². The summed E-state index contributed by atoms with van der Waals surface area (Å²) < 4.78 is 27.6. The van der Waals surface area contributed by atoms with E-state index in [0.29, 0.717) is 6.54 Å². The van der Waals surface area contributed by atoms with E-state index >= 15 is 0 Å². The number of halogens is 1. The number of benzene rings is 1. The van der Waals surface area contributed by atoms with E-state index in [-0.39, 0.29) is 33.7 Å². The van der Waals surface area contributed by atoms with Crippen LogP contribution in [-0.4, -0.2) is 50.7 Å². The van der Waals surface area contributed by atoms with Crippen LogP contribution in [0.3, 0.4) is 0 Å². The minimum atomic E-state index is -3.69. The molecule has 0 radical (unpaired) electrons. The Morgan fingerprint density at radius 3 is 2.46 bits per heavy atom. The lowest BCUT2D eigenvalue weighted by Gasteiger charge is -2.30. The molecule has 0 N–H and O–H groups in total. The van der Waals surface area contributed by atoms with Crippen LogP contribution in [0.25, 0.3) is 0 Å².